The van der Waals surface area contributed by atoms with Crippen LogP contribution in [0.2, 0.25) is 0 Å². The van der Waals surface area contributed by atoms with Crippen molar-refractivity contribution in [1.82, 2.24) is 5.32 Å². The Bertz CT molecular complexity index is 1300. The van der Waals surface area contributed by atoms with Gasteiger partial charge in [-0.2, -0.15) is 0 Å². The lowest BCUT2D eigenvalue weighted by Crippen LogP contribution is -2.23. The monoisotopic (exact) mass is 445 g/mol. The van der Waals surface area contributed by atoms with Crippen LogP contribution < -0.4 is 14.8 Å². The van der Waals surface area contributed by atoms with Crippen molar-refractivity contribution >= 4 is 27.6 Å². The molecule has 1 fully saturated rings. The molecule has 2 heterocycles. The summed E-state index contributed by atoms with van der Waals surface area (Å²) in [4.78, 5) is 12.9. The van der Waals surface area contributed by atoms with Gasteiger partial charge in [0.15, 0.2) is 17.3 Å². The summed E-state index contributed by atoms with van der Waals surface area (Å²) < 4.78 is 23.0. The first-order valence-electron chi connectivity index (χ1n) is 11.2. The molecule has 0 aliphatic carbocycles. The number of hydrogen-bond donors (Lipinski definition) is 1. The van der Waals surface area contributed by atoms with Crippen LogP contribution in [0.1, 0.15) is 34.5 Å². The molecule has 0 radical (unpaired) electrons. The van der Waals surface area contributed by atoms with Gasteiger partial charge in [0.05, 0.1) is 13.2 Å². The highest BCUT2D eigenvalue weighted by Gasteiger charge is 2.20. The Hall–Kier alpha value is -3.51. The average molecular weight is 446 g/mol. The molecule has 1 amide bonds. The number of carbonyl (C=O) groups is 1. The van der Waals surface area contributed by atoms with Crippen LogP contribution in [-0.4, -0.2) is 32.3 Å². The first kappa shape index (κ1) is 21.3. The number of methoxy groups -OCH3 is 1. The van der Waals surface area contributed by atoms with Crippen LogP contribution in [0.4, 0.5) is 0 Å². The molecule has 0 spiro atoms. The number of nitrogens with one attached hydrogen (secondary N) is 1. The zero-order valence-electron chi connectivity index (χ0n) is 18.9. The minimum absolute atomic E-state index is 0.137. The number of hydrogen-bond acceptors (Lipinski definition) is 5. The number of furan rings is 1. The van der Waals surface area contributed by atoms with Gasteiger partial charge in [0, 0.05) is 29.5 Å². The highest BCUT2D eigenvalue weighted by molar-refractivity contribution is 6.08. The fourth-order valence-corrected chi connectivity index (χ4v) is 4.33. The lowest BCUT2D eigenvalue weighted by Gasteiger charge is -2.15. The minimum Gasteiger partial charge on any atom is -0.493 e. The van der Waals surface area contributed by atoms with Crippen LogP contribution in [0.5, 0.6) is 11.5 Å². The van der Waals surface area contributed by atoms with Gasteiger partial charge in [0.1, 0.15) is 12.2 Å². The summed E-state index contributed by atoms with van der Waals surface area (Å²) in [6.45, 7) is 3.56. The van der Waals surface area contributed by atoms with E-state index in [0.29, 0.717) is 30.4 Å². The number of amides is 1. The van der Waals surface area contributed by atoms with Crippen LogP contribution in [-0.2, 0) is 11.3 Å². The van der Waals surface area contributed by atoms with E-state index >= 15 is 0 Å². The van der Waals surface area contributed by atoms with E-state index in [1.807, 2.05) is 55.5 Å². The molecular weight excluding hydrogens is 418 g/mol. The zero-order chi connectivity index (χ0) is 22.8. The fourth-order valence-electron chi connectivity index (χ4n) is 4.33. The molecule has 0 bridgehead atoms. The normalized spacial score (nSPS) is 15.8. The van der Waals surface area contributed by atoms with Crippen molar-refractivity contribution < 1.29 is 23.4 Å². The number of rotatable bonds is 7. The lowest BCUT2D eigenvalue weighted by molar-refractivity contribution is 0.0669. The highest BCUT2D eigenvalue weighted by Crippen LogP contribution is 2.32. The van der Waals surface area contributed by atoms with Crippen molar-refractivity contribution in [2.45, 2.75) is 32.4 Å². The Morgan fingerprint density at radius 1 is 1.09 bits per heavy atom. The Balaban J connectivity index is 1.30. The molecule has 0 saturated carbocycles. The summed E-state index contributed by atoms with van der Waals surface area (Å²) in [5.41, 5.74) is 2.48. The van der Waals surface area contributed by atoms with Crippen molar-refractivity contribution in [3.8, 4) is 11.5 Å². The van der Waals surface area contributed by atoms with Gasteiger partial charge in [-0.15, -0.1) is 0 Å². The van der Waals surface area contributed by atoms with Crippen LogP contribution in [0.25, 0.3) is 21.7 Å². The summed E-state index contributed by atoms with van der Waals surface area (Å²) in [6, 6.07) is 17.7. The zero-order valence-corrected chi connectivity index (χ0v) is 18.9. The van der Waals surface area contributed by atoms with Crippen molar-refractivity contribution in [2.75, 3.05) is 20.3 Å². The van der Waals surface area contributed by atoms with Gasteiger partial charge in [0.2, 0.25) is 0 Å². The third-order valence-electron chi connectivity index (χ3n) is 6.16. The maximum absolute atomic E-state index is 12.9. The van der Waals surface area contributed by atoms with E-state index in [4.69, 9.17) is 18.6 Å². The van der Waals surface area contributed by atoms with Gasteiger partial charge in [-0.05, 0) is 42.8 Å². The summed E-state index contributed by atoms with van der Waals surface area (Å²) in [5.74, 6) is 1.39. The molecule has 1 aromatic heterocycles. The van der Waals surface area contributed by atoms with Crippen LogP contribution in [0, 0.1) is 6.92 Å². The predicted octanol–water partition coefficient (Wildman–Crippen LogP) is 5.39. The molecule has 1 unspecified atom stereocenters. The molecule has 5 rings (SSSR count). The quantitative estimate of drug-likeness (QED) is 0.413. The molecule has 1 aliphatic heterocycles. The van der Waals surface area contributed by atoms with Gasteiger partial charge < -0.3 is 23.9 Å². The first-order chi connectivity index (χ1) is 16.1. The molecule has 170 valence electrons. The van der Waals surface area contributed by atoms with E-state index < -0.39 is 0 Å². The molecule has 4 aromatic rings. The molecule has 6 nitrogen and oxygen atoms in total. The number of fused-ring (bicyclic) bond motifs is 3. The molecule has 33 heavy (non-hydrogen) atoms. The smallest absolute Gasteiger partial charge is 0.287 e. The molecular formula is C27H27NO5. The molecule has 1 aliphatic rings. The van der Waals surface area contributed by atoms with Gasteiger partial charge in [-0.1, -0.05) is 42.5 Å². The average Bonchev–Trinajstić information content (AvgIpc) is 3.49. The third-order valence-corrected chi connectivity index (χ3v) is 6.16. The predicted molar refractivity (Wildman–Crippen MR) is 127 cm³/mol. The second-order valence-corrected chi connectivity index (χ2v) is 8.33. The standard InChI is InChI=1S/C27H27NO5/c1-17-21-11-10-19-6-3-4-8-22(19)26(21)33-25(17)27(29)28-15-18-9-12-23(24(14-18)30-2)32-16-20-7-5-13-31-20/h3-4,6,8-12,14,20H,5,7,13,15-16H2,1-2H3,(H,28,29). The minimum atomic E-state index is -0.245. The van der Waals surface area contributed by atoms with E-state index in [1.165, 1.54) is 0 Å². The van der Waals surface area contributed by atoms with Gasteiger partial charge >= 0.3 is 0 Å². The van der Waals surface area contributed by atoms with Crippen LogP contribution in [0.3, 0.4) is 0 Å². The molecule has 6 heteroatoms. The summed E-state index contributed by atoms with van der Waals surface area (Å²) in [6.07, 6.45) is 2.23. The highest BCUT2D eigenvalue weighted by atomic mass is 16.5. The number of ether oxygens (including phenoxy) is 3. The summed E-state index contributed by atoms with van der Waals surface area (Å²) in [7, 11) is 1.61. The Labute approximate surface area is 192 Å². The summed E-state index contributed by atoms with van der Waals surface area (Å²) in [5, 5.41) is 6.00. The van der Waals surface area contributed by atoms with E-state index in [-0.39, 0.29) is 12.0 Å². The molecule has 3 aromatic carbocycles. The summed E-state index contributed by atoms with van der Waals surface area (Å²) >= 11 is 0. The second-order valence-electron chi connectivity index (χ2n) is 8.33. The maximum atomic E-state index is 12.9. The van der Waals surface area contributed by atoms with Crippen molar-refractivity contribution in [1.29, 1.82) is 0 Å². The maximum Gasteiger partial charge on any atom is 0.287 e. The first-order valence-corrected chi connectivity index (χ1v) is 11.2. The van der Waals surface area contributed by atoms with E-state index in [2.05, 4.69) is 11.4 Å². The van der Waals surface area contributed by atoms with Crippen LogP contribution >= 0.6 is 0 Å². The number of benzene rings is 3. The van der Waals surface area contributed by atoms with Gasteiger partial charge in [0.25, 0.3) is 5.91 Å². The van der Waals surface area contributed by atoms with Crippen molar-refractivity contribution in [3.05, 3.63) is 71.5 Å². The second kappa shape index (κ2) is 9.16. The number of aryl methyl sites for hydroxylation is 1. The van der Waals surface area contributed by atoms with E-state index in [9.17, 15) is 4.79 Å². The Kier molecular flexibility index (Phi) is 5.92. The van der Waals surface area contributed by atoms with Gasteiger partial charge in [-0.3, -0.25) is 4.79 Å². The fraction of sp³-hybridized carbons (Fsp3) is 0.296. The third kappa shape index (κ3) is 4.26. The van der Waals surface area contributed by atoms with Crippen molar-refractivity contribution in [2.24, 2.45) is 0 Å². The molecule has 1 atom stereocenters. The topological polar surface area (TPSA) is 69.9 Å². The lowest BCUT2D eigenvalue weighted by atomic mass is 10.1. The largest absolute Gasteiger partial charge is 0.493 e. The SMILES string of the molecule is COc1cc(CNC(=O)c2oc3c(ccc4ccccc43)c2C)ccc1OCC1CCCO1. The molecule has 1 saturated heterocycles. The van der Waals surface area contributed by atoms with E-state index in [0.717, 1.165) is 52.3 Å². The molecule has 1 N–H and O–H groups in total. The van der Waals surface area contributed by atoms with Gasteiger partial charge in [-0.25, -0.2) is 0 Å². The Morgan fingerprint density at radius 2 is 1.97 bits per heavy atom. The Morgan fingerprint density at radius 3 is 2.79 bits per heavy atom. The van der Waals surface area contributed by atoms with Crippen LogP contribution in [0.15, 0.2) is 59.0 Å². The van der Waals surface area contributed by atoms with E-state index in [1.54, 1.807) is 7.11 Å². The number of carbonyl (C=O) groups excluding carboxylic acids is 1. The van der Waals surface area contributed by atoms with Crippen molar-refractivity contribution in [3.63, 3.8) is 0 Å².